The van der Waals surface area contributed by atoms with Crippen LogP contribution in [-0.4, -0.2) is 23.1 Å². The molecule has 0 radical (unpaired) electrons. The van der Waals surface area contributed by atoms with Crippen molar-refractivity contribution in [1.29, 1.82) is 0 Å². The van der Waals surface area contributed by atoms with Gasteiger partial charge in [-0.3, -0.25) is 0 Å². The van der Waals surface area contributed by atoms with Crippen LogP contribution in [0.15, 0.2) is 24.5 Å². The number of nitrogens with zero attached hydrogens (tertiary/aromatic N) is 3. The van der Waals surface area contributed by atoms with E-state index in [9.17, 15) is 4.39 Å². The van der Waals surface area contributed by atoms with Crippen LogP contribution in [0, 0.1) is 11.7 Å². The minimum Gasteiger partial charge on any atom is -0.356 e. The van der Waals surface area contributed by atoms with Crippen molar-refractivity contribution >= 4 is 16.7 Å². The molecule has 1 unspecified atom stereocenters. The van der Waals surface area contributed by atoms with Gasteiger partial charge >= 0.3 is 0 Å². The van der Waals surface area contributed by atoms with Gasteiger partial charge in [0.05, 0.1) is 5.52 Å². The van der Waals surface area contributed by atoms with Crippen LogP contribution in [0.1, 0.15) is 19.8 Å². The topological polar surface area (TPSA) is 29.0 Å². The van der Waals surface area contributed by atoms with Gasteiger partial charge in [-0.05, 0) is 37.0 Å². The summed E-state index contributed by atoms with van der Waals surface area (Å²) < 4.78 is 13.4. The van der Waals surface area contributed by atoms with Crippen LogP contribution in [0.3, 0.4) is 0 Å². The van der Waals surface area contributed by atoms with Crippen LogP contribution in [0.2, 0.25) is 0 Å². The molecule has 4 heteroatoms. The Morgan fingerprint density at radius 1 is 1.33 bits per heavy atom. The fourth-order valence-corrected chi connectivity index (χ4v) is 2.65. The summed E-state index contributed by atoms with van der Waals surface area (Å²) >= 11 is 0. The number of rotatable bonds is 1. The van der Waals surface area contributed by atoms with Crippen molar-refractivity contribution in [2.75, 3.05) is 18.0 Å². The zero-order chi connectivity index (χ0) is 12.5. The Hall–Kier alpha value is -1.71. The summed E-state index contributed by atoms with van der Waals surface area (Å²) in [6.07, 6.45) is 3.99. The van der Waals surface area contributed by atoms with Gasteiger partial charge in [0.2, 0.25) is 0 Å². The average Bonchev–Trinajstić information content (AvgIpc) is 2.38. The highest BCUT2D eigenvalue weighted by Crippen LogP contribution is 2.27. The number of halogens is 1. The molecule has 3 nitrogen and oxygen atoms in total. The number of benzene rings is 1. The number of fused-ring (bicyclic) bond motifs is 1. The van der Waals surface area contributed by atoms with Gasteiger partial charge in [0.25, 0.3) is 0 Å². The average molecular weight is 245 g/mol. The van der Waals surface area contributed by atoms with Gasteiger partial charge in [0.1, 0.15) is 18.0 Å². The highest BCUT2D eigenvalue weighted by Gasteiger charge is 2.19. The number of anilines is 1. The molecule has 0 bridgehead atoms. The Labute approximate surface area is 106 Å². The van der Waals surface area contributed by atoms with E-state index in [2.05, 4.69) is 21.8 Å². The molecule has 94 valence electrons. The largest absolute Gasteiger partial charge is 0.356 e. The van der Waals surface area contributed by atoms with Gasteiger partial charge in [0, 0.05) is 18.5 Å². The lowest BCUT2D eigenvalue weighted by Crippen LogP contribution is -2.35. The number of piperidine rings is 1. The molecule has 0 amide bonds. The number of aromatic nitrogens is 2. The molecule has 0 spiro atoms. The Morgan fingerprint density at radius 2 is 2.22 bits per heavy atom. The molecule has 1 aromatic heterocycles. The van der Waals surface area contributed by atoms with E-state index < -0.39 is 0 Å². The quantitative estimate of drug-likeness (QED) is 0.773. The maximum absolute atomic E-state index is 13.4. The smallest absolute Gasteiger partial charge is 0.139 e. The van der Waals surface area contributed by atoms with Crippen molar-refractivity contribution in [3.8, 4) is 0 Å². The fraction of sp³-hybridized carbons (Fsp3) is 0.429. The van der Waals surface area contributed by atoms with Gasteiger partial charge in [-0.1, -0.05) is 6.92 Å². The zero-order valence-electron chi connectivity index (χ0n) is 10.4. The van der Waals surface area contributed by atoms with Gasteiger partial charge < -0.3 is 4.90 Å². The minimum atomic E-state index is -0.233. The molecule has 2 aromatic rings. The summed E-state index contributed by atoms with van der Waals surface area (Å²) in [7, 11) is 0. The molecule has 1 aromatic carbocycles. The molecule has 1 fully saturated rings. The molecule has 0 aliphatic carbocycles. The highest BCUT2D eigenvalue weighted by molar-refractivity contribution is 5.89. The van der Waals surface area contributed by atoms with E-state index in [1.54, 1.807) is 12.4 Å². The lowest BCUT2D eigenvalue weighted by molar-refractivity contribution is 0.445. The van der Waals surface area contributed by atoms with Crippen molar-refractivity contribution in [2.45, 2.75) is 19.8 Å². The van der Waals surface area contributed by atoms with Crippen LogP contribution >= 0.6 is 0 Å². The third kappa shape index (κ3) is 2.03. The zero-order valence-corrected chi connectivity index (χ0v) is 10.4. The van der Waals surface area contributed by atoms with Crippen LogP contribution < -0.4 is 4.90 Å². The molecule has 18 heavy (non-hydrogen) atoms. The van der Waals surface area contributed by atoms with Crippen LogP contribution in [0.4, 0.5) is 10.2 Å². The molecule has 2 heterocycles. The second kappa shape index (κ2) is 4.52. The summed E-state index contributed by atoms with van der Waals surface area (Å²) in [5.41, 5.74) is 0.805. The molecular weight excluding hydrogens is 229 g/mol. The molecule has 1 aliphatic heterocycles. The van der Waals surface area contributed by atoms with Crippen molar-refractivity contribution in [2.24, 2.45) is 5.92 Å². The van der Waals surface area contributed by atoms with Crippen molar-refractivity contribution < 1.29 is 4.39 Å². The third-order valence-corrected chi connectivity index (χ3v) is 3.53. The first kappa shape index (κ1) is 11.4. The van der Waals surface area contributed by atoms with E-state index >= 15 is 0 Å². The van der Waals surface area contributed by atoms with Crippen molar-refractivity contribution in [3.05, 3.63) is 30.3 Å². The number of hydrogen-bond acceptors (Lipinski definition) is 3. The minimum absolute atomic E-state index is 0.233. The Kier molecular flexibility index (Phi) is 2.86. The lowest BCUT2D eigenvalue weighted by Gasteiger charge is -2.32. The SMILES string of the molecule is CC1CCCN(c2ncnc3ccc(F)cc23)C1. The summed E-state index contributed by atoms with van der Waals surface area (Å²) in [5.74, 6) is 1.30. The van der Waals surface area contributed by atoms with Gasteiger partial charge in [-0.2, -0.15) is 0 Å². The Bertz CT molecular complexity index is 570. The van der Waals surface area contributed by atoms with Crippen molar-refractivity contribution in [1.82, 2.24) is 9.97 Å². The molecule has 1 aliphatic rings. The molecular formula is C14H16FN3. The van der Waals surface area contributed by atoms with Crippen LogP contribution in [-0.2, 0) is 0 Å². The maximum atomic E-state index is 13.4. The molecule has 0 N–H and O–H groups in total. The third-order valence-electron chi connectivity index (χ3n) is 3.53. The Balaban J connectivity index is 2.07. The van der Waals surface area contributed by atoms with E-state index in [0.29, 0.717) is 5.92 Å². The standard InChI is InChI=1S/C14H16FN3/c1-10-3-2-6-18(8-10)14-12-7-11(15)4-5-13(12)16-9-17-14/h4-5,7,9-10H,2-3,6,8H2,1H3. The summed E-state index contributed by atoms with van der Waals surface area (Å²) in [6, 6.07) is 4.69. The second-order valence-electron chi connectivity index (χ2n) is 5.05. The van der Waals surface area contributed by atoms with Gasteiger partial charge in [-0.15, -0.1) is 0 Å². The van der Waals surface area contributed by atoms with Crippen LogP contribution in [0.5, 0.6) is 0 Å². The lowest BCUT2D eigenvalue weighted by atomic mass is 10.00. The first-order chi connectivity index (χ1) is 8.74. The second-order valence-corrected chi connectivity index (χ2v) is 5.05. The normalized spacial score (nSPS) is 20.3. The first-order valence-electron chi connectivity index (χ1n) is 6.39. The summed E-state index contributed by atoms with van der Waals surface area (Å²) in [6.45, 7) is 4.23. The first-order valence-corrected chi connectivity index (χ1v) is 6.39. The molecule has 1 atom stereocenters. The van der Waals surface area contributed by atoms with E-state index in [1.807, 2.05) is 0 Å². The monoisotopic (exact) mass is 245 g/mol. The van der Waals surface area contributed by atoms with Crippen molar-refractivity contribution in [3.63, 3.8) is 0 Å². The van der Waals surface area contributed by atoms with Gasteiger partial charge in [-0.25, -0.2) is 14.4 Å². The number of hydrogen-bond donors (Lipinski definition) is 0. The molecule has 3 rings (SSSR count). The van der Waals surface area contributed by atoms with Crippen LogP contribution in [0.25, 0.3) is 10.9 Å². The predicted molar refractivity (Wildman–Crippen MR) is 70.1 cm³/mol. The molecule has 1 saturated heterocycles. The molecule has 0 saturated carbocycles. The highest BCUT2D eigenvalue weighted by atomic mass is 19.1. The van der Waals surface area contributed by atoms with E-state index in [4.69, 9.17) is 0 Å². The Morgan fingerprint density at radius 3 is 3.06 bits per heavy atom. The fourth-order valence-electron chi connectivity index (χ4n) is 2.65. The summed E-state index contributed by atoms with van der Waals surface area (Å²) in [5, 5.41) is 0.812. The predicted octanol–water partition coefficient (Wildman–Crippen LogP) is 3.01. The van der Waals surface area contributed by atoms with Gasteiger partial charge in [0.15, 0.2) is 0 Å². The van der Waals surface area contributed by atoms with E-state index in [-0.39, 0.29) is 5.82 Å². The van der Waals surface area contributed by atoms with E-state index in [0.717, 1.165) is 29.8 Å². The summed E-state index contributed by atoms with van der Waals surface area (Å²) in [4.78, 5) is 10.8. The van der Waals surface area contributed by atoms with E-state index in [1.165, 1.54) is 25.0 Å². The maximum Gasteiger partial charge on any atom is 0.139 e.